The summed E-state index contributed by atoms with van der Waals surface area (Å²) in [6.07, 6.45) is -4.47. The predicted molar refractivity (Wildman–Crippen MR) is 38.0 cm³/mol. The molecule has 0 aliphatic carbocycles. The molecule has 0 fully saturated rings. The third-order valence-corrected chi connectivity index (χ3v) is 1.52. The molecule has 0 N–H and O–H groups in total. The monoisotopic (exact) mass is 208 g/mol. The van der Waals surface area contributed by atoms with Gasteiger partial charge in [0.2, 0.25) is 0 Å². The van der Waals surface area contributed by atoms with E-state index in [1.807, 2.05) is 0 Å². The van der Waals surface area contributed by atoms with E-state index in [1.54, 1.807) is 0 Å². The minimum Gasteiger partial charge on any atom is -0.249 e. The first-order valence-electron chi connectivity index (χ1n) is 3.45. The SMILES string of the molecule is O=C(OF)c1ccc(C(F)(F)F)cc1. The van der Waals surface area contributed by atoms with Crippen molar-refractivity contribution < 1.29 is 27.4 Å². The lowest BCUT2D eigenvalue weighted by Crippen LogP contribution is -2.06. The molecule has 0 saturated carbocycles. The Labute approximate surface area is 76.0 Å². The van der Waals surface area contributed by atoms with Gasteiger partial charge in [0.15, 0.2) is 0 Å². The van der Waals surface area contributed by atoms with Crippen LogP contribution in [0.2, 0.25) is 0 Å². The van der Waals surface area contributed by atoms with Gasteiger partial charge in [-0.05, 0) is 24.3 Å². The fourth-order valence-corrected chi connectivity index (χ4v) is 0.840. The number of rotatable bonds is 1. The number of benzene rings is 1. The predicted octanol–water partition coefficient (Wildman–Crippen LogP) is 2.75. The summed E-state index contributed by atoms with van der Waals surface area (Å²) in [5.74, 6) is -1.32. The van der Waals surface area contributed by atoms with E-state index < -0.39 is 17.7 Å². The van der Waals surface area contributed by atoms with Crippen LogP contribution in [0, 0.1) is 0 Å². The van der Waals surface area contributed by atoms with Gasteiger partial charge in [0.25, 0.3) is 0 Å². The van der Waals surface area contributed by atoms with Crippen molar-refractivity contribution in [3.63, 3.8) is 0 Å². The second-order valence-electron chi connectivity index (χ2n) is 2.44. The Morgan fingerprint density at radius 1 is 1.14 bits per heavy atom. The minimum atomic E-state index is -4.47. The number of alkyl halides is 3. The lowest BCUT2D eigenvalue weighted by Gasteiger charge is -2.05. The van der Waals surface area contributed by atoms with Gasteiger partial charge in [0, 0.05) is 4.53 Å². The van der Waals surface area contributed by atoms with Gasteiger partial charge in [-0.25, -0.2) is 9.74 Å². The molecule has 76 valence electrons. The molecule has 6 heteroatoms. The van der Waals surface area contributed by atoms with Crippen molar-refractivity contribution in [1.82, 2.24) is 0 Å². The molecule has 0 atom stereocenters. The molecule has 0 aromatic heterocycles. The van der Waals surface area contributed by atoms with Crippen LogP contribution < -0.4 is 0 Å². The first-order chi connectivity index (χ1) is 6.45. The smallest absolute Gasteiger partial charge is 0.249 e. The topological polar surface area (TPSA) is 26.3 Å². The average molecular weight is 208 g/mol. The summed E-state index contributed by atoms with van der Waals surface area (Å²) in [5, 5.41) is 0. The summed E-state index contributed by atoms with van der Waals surface area (Å²) in [5.41, 5.74) is -1.19. The van der Waals surface area contributed by atoms with E-state index in [0.717, 1.165) is 12.1 Å². The number of carbonyl (C=O) groups is 1. The van der Waals surface area contributed by atoms with Crippen LogP contribution in [0.3, 0.4) is 0 Å². The molecule has 0 unspecified atom stereocenters. The normalized spacial score (nSPS) is 11.1. The molecule has 2 nitrogen and oxygen atoms in total. The van der Waals surface area contributed by atoms with Crippen molar-refractivity contribution in [3.8, 4) is 0 Å². The number of carbonyl (C=O) groups excluding carboxylic acids is 1. The van der Waals surface area contributed by atoms with Crippen molar-refractivity contribution in [2.75, 3.05) is 0 Å². The molecule has 1 aromatic rings. The molecule has 14 heavy (non-hydrogen) atoms. The van der Waals surface area contributed by atoms with Crippen LogP contribution in [-0.4, -0.2) is 5.97 Å². The van der Waals surface area contributed by atoms with E-state index in [4.69, 9.17) is 0 Å². The minimum absolute atomic E-state index is 0.277. The van der Waals surface area contributed by atoms with Gasteiger partial charge in [-0.2, -0.15) is 13.2 Å². The van der Waals surface area contributed by atoms with Gasteiger partial charge in [0.05, 0.1) is 11.1 Å². The van der Waals surface area contributed by atoms with Crippen LogP contribution in [0.4, 0.5) is 17.7 Å². The maximum absolute atomic E-state index is 12.0. The molecule has 1 aromatic carbocycles. The van der Waals surface area contributed by atoms with E-state index in [-0.39, 0.29) is 5.56 Å². The Kier molecular flexibility index (Phi) is 2.73. The van der Waals surface area contributed by atoms with Crippen LogP contribution in [-0.2, 0) is 11.1 Å². The molecule has 1 rings (SSSR count). The van der Waals surface area contributed by atoms with Crippen LogP contribution in [0.15, 0.2) is 24.3 Å². The molecular weight excluding hydrogens is 204 g/mol. The summed E-state index contributed by atoms with van der Waals surface area (Å²) >= 11 is 0. The Morgan fingerprint density at radius 3 is 2.00 bits per heavy atom. The first kappa shape index (κ1) is 10.5. The third kappa shape index (κ3) is 2.21. The molecule has 0 bridgehead atoms. The van der Waals surface area contributed by atoms with Crippen molar-refractivity contribution in [1.29, 1.82) is 0 Å². The fraction of sp³-hybridized carbons (Fsp3) is 0.125. The highest BCUT2D eigenvalue weighted by atomic mass is 19.4. The third-order valence-electron chi connectivity index (χ3n) is 1.52. The summed E-state index contributed by atoms with van der Waals surface area (Å²) < 4.78 is 47.4. The number of hydrogen-bond donors (Lipinski definition) is 0. The highest BCUT2D eigenvalue weighted by Crippen LogP contribution is 2.29. The van der Waals surface area contributed by atoms with E-state index in [9.17, 15) is 22.5 Å². The molecule has 0 aliphatic heterocycles. The van der Waals surface area contributed by atoms with Gasteiger partial charge in [-0.3, -0.25) is 0 Å². The number of halogens is 4. The van der Waals surface area contributed by atoms with Gasteiger partial charge in [0.1, 0.15) is 0 Å². The molecule has 0 spiro atoms. The zero-order valence-corrected chi connectivity index (χ0v) is 6.64. The highest BCUT2D eigenvalue weighted by molar-refractivity contribution is 5.88. The van der Waals surface area contributed by atoms with E-state index in [0.29, 0.717) is 12.1 Å². The van der Waals surface area contributed by atoms with Crippen molar-refractivity contribution >= 4 is 5.97 Å². The highest BCUT2D eigenvalue weighted by Gasteiger charge is 2.30. The van der Waals surface area contributed by atoms with Crippen LogP contribution in [0.5, 0.6) is 0 Å². The largest absolute Gasteiger partial charge is 0.416 e. The zero-order chi connectivity index (χ0) is 10.8. The first-order valence-corrected chi connectivity index (χ1v) is 3.45. The standard InChI is InChI=1S/C8H4F4O2/c9-8(10,11)6-3-1-5(2-4-6)7(13)14-12/h1-4H. The fourth-order valence-electron chi connectivity index (χ4n) is 0.840. The average Bonchev–Trinajstić information content (AvgIpc) is 2.15. The second kappa shape index (κ2) is 3.65. The summed E-state index contributed by atoms with van der Waals surface area (Å²) in [6, 6.07) is 3.02. The zero-order valence-electron chi connectivity index (χ0n) is 6.64. The number of hydrogen-bond acceptors (Lipinski definition) is 2. The summed E-state index contributed by atoms with van der Waals surface area (Å²) in [6.45, 7) is 0. The summed E-state index contributed by atoms with van der Waals surface area (Å²) in [7, 11) is 0. The van der Waals surface area contributed by atoms with Crippen molar-refractivity contribution in [2.45, 2.75) is 6.18 Å². The van der Waals surface area contributed by atoms with E-state index >= 15 is 0 Å². The lowest BCUT2D eigenvalue weighted by molar-refractivity contribution is -0.137. The Morgan fingerprint density at radius 2 is 1.64 bits per heavy atom. The van der Waals surface area contributed by atoms with Crippen LogP contribution in [0.25, 0.3) is 0 Å². The quantitative estimate of drug-likeness (QED) is 0.663. The van der Waals surface area contributed by atoms with Crippen molar-refractivity contribution in [2.24, 2.45) is 0 Å². The van der Waals surface area contributed by atoms with Crippen LogP contribution >= 0.6 is 0 Å². The maximum Gasteiger partial charge on any atom is 0.416 e. The molecular formula is C8H4F4O2. The van der Waals surface area contributed by atoms with Crippen LogP contribution in [0.1, 0.15) is 15.9 Å². The molecule has 0 heterocycles. The summed E-state index contributed by atoms with van der Waals surface area (Å²) in [4.78, 5) is 13.3. The van der Waals surface area contributed by atoms with E-state index in [1.165, 1.54) is 0 Å². The Balaban J connectivity index is 2.95. The van der Waals surface area contributed by atoms with Crippen molar-refractivity contribution in [3.05, 3.63) is 35.4 Å². The van der Waals surface area contributed by atoms with Gasteiger partial charge >= 0.3 is 12.1 Å². The maximum atomic E-state index is 12.0. The van der Waals surface area contributed by atoms with Gasteiger partial charge < -0.3 is 0 Å². The van der Waals surface area contributed by atoms with Gasteiger partial charge in [-0.1, -0.05) is 0 Å². The molecule has 0 saturated heterocycles. The Hall–Kier alpha value is -1.59. The lowest BCUT2D eigenvalue weighted by atomic mass is 10.1. The Bertz CT molecular complexity index is 328. The molecule has 0 aliphatic rings. The molecule has 0 radical (unpaired) electrons. The second-order valence-corrected chi connectivity index (χ2v) is 2.44. The van der Waals surface area contributed by atoms with E-state index in [2.05, 4.69) is 4.94 Å². The van der Waals surface area contributed by atoms with Gasteiger partial charge in [-0.15, -0.1) is 0 Å². The molecule has 0 amide bonds.